The summed E-state index contributed by atoms with van der Waals surface area (Å²) in [6.45, 7) is 0.120. The van der Waals surface area contributed by atoms with E-state index >= 15 is 0 Å². The van der Waals surface area contributed by atoms with Crippen LogP contribution in [0, 0.1) is 0 Å². The van der Waals surface area contributed by atoms with Crippen LogP contribution < -0.4 is 14.8 Å². The van der Waals surface area contributed by atoms with E-state index in [0.717, 1.165) is 28.3 Å². The van der Waals surface area contributed by atoms with E-state index in [-0.39, 0.29) is 12.6 Å². The molecule has 150 valence electrons. The van der Waals surface area contributed by atoms with E-state index in [1.54, 1.807) is 14.2 Å². The van der Waals surface area contributed by atoms with E-state index < -0.39 is 0 Å². The quantitative estimate of drug-likeness (QED) is 0.642. The Labute approximate surface area is 169 Å². The van der Waals surface area contributed by atoms with Crippen LogP contribution in [-0.4, -0.2) is 40.7 Å². The lowest BCUT2D eigenvalue weighted by Gasteiger charge is -2.24. The highest BCUT2D eigenvalue weighted by Crippen LogP contribution is 2.33. The van der Waals surface area contributed by atoms with Crippen molar-refractivity contribution in [3.8, 4) is 11.5 Å². The van der Waals surface area contributed by atoms with Crippen LogP contribution in [0.5, 0.6) is 11.5 Å². The summed E-state index contributed by atoms with van der Waals surface area (Å²) in [5, 5.41) is 17.2. The maximum absolute atomic E-state index is 9.13. The molecule has 1 aliphatic rings. The topological polar surface area (TPSA) is 81.4 Å². The minimum atomic E-state index is -0.107. The normalized spacial score (nSPS) is 15.3. The van der Waals surface area contributed by atoms with Crippen LogP contribution in [0.4, 0.5) is 5.95 Å². The Balaban J connectivity index is 1.73. The van der Waals surface area contributed by atoms with Gasteiger partial charge < -0.3 is 19.9 Å². The number of hydrogen-bond acceptors (Lipinski definition) is 6. The van der Waals surface area contributed by atoms with Crippen LogP contribution in [0.2, 0.25) is 0 Å². The summed E-state index contributed by atoms with van der Waals surface area (Å²) in [6, 6.07) is 15.8. The van der Waals surface area contributed by atoms with E-state index in [2.05, 4.69) is 21.5 Å². The van der Waals surface area contributed by atoms with Crippen LogP contribution in [0.25, 0.3) is 5.70 Å². The number of aliphatic hydroxyl groups is 1. The average molecular weight is 392 g/mol. The number of aromatic nitrogens is 3. The number of benzene rings is 2. The van der Waals surface area contributed by atoms with Gasteiger partial charge in [-0.05, 0) is 60.0 Å². The van der Waals surface area contributed by atoms with Crippen molar-refractivity contribution >= 4 is 11.6 Å². The Morgan fingerprint density at radius 2 is 1.66 bits per heavy atom. The van der Waals surface area contributed by atoms with Gasteiger partial charge in [-0.1, -0.05) is 12.1 Å². The Morgan fingerprint density at radius 1 is 1.00 bits per heavy atom. The second-order valence-corrected chi connectivity index (χ2v) is 6.78. The second kappa shape index (κ2) is 8.36. The summed E-state index contributed by atoms with van der Waals surface area (Å²) in [7, 11) is 3.31. The highest BCUT2D eigenvalue weighted by molar-refractivity contribution is 5.77. The number of aliphatic hydroxyl groups excluding tert-OH is 1. The number of ether oxygens (including phenoxy) is 2. The smallest absolute Gasteiger partial charge is 0.226 e. The first-order chi connectivity index (χ1) is 14.2. The predicted octanol–water partition coefficient (Wildman–Crippen LogP) is 3.28. The van der Waals surface area contributed by atoms with E-state index in [1.807, 2.05) is 53.2 Å². The third-order valence-electron chi connectivity index (χ3n) is 4.93. The molecule has 1 aliphatic heterocycles. The molecule has 0 aliphatic carbocycles. The third-order valence-corrected chi connectivity index (χ3v) is 4.93. The number of nitrogens with one attached hydrogen (secondary N) is 1. The van der Waals surface area contributed by atoms with Crippen molar-refractivity contribution in [2.24, 2.45) is 0 Å². The van der Waals surface area contributed by atoms with Gasteiger partial charge in [-0.2, -0.15) is 10.1 Å². The lowest BCUT2D eigenvalue weighted by molar-refractivity contribution is 0.287. The van der Waals surface area contributed by atoms with Crippen LogP contribution >= 0.6 is 0 Å². The standard InChI is InChI=1S/C22H24N4O3/c1-28-17-9-5-15(6-10-17)19-14-20(16-7-11-18(29-2)12-8-16)26-22(23-19)24-21(25-26)4-3-13-27/h5-12,14,20,27H,3-4,13H2,1-2H3,(H,23,24,25)/t20-/m1/s1. The van der Waals surface area contributed by atoms with Crippen molar-refractivity contribution in [3.63, 3.8) is 0 Å². The van der Waals surface area contributed by atoms with E-state index in [4.69, 9.17) is 14.6 Å². The first-order valence-electron chi connectivity index (χ1n) is 9.55. The van der Waals surface area contributed by atoms with Gasteiger partial charge in [0.15, 0.2) is 5.82 Å². The number of aryl methyl sites for hydroxylation is 1. The molecule has 0 saturated heterocycles. The molecule has 2 aromatic carbocycles. The first-order valence-corrected chi connectivity index (χ1v) is 9.55. The molecule has 2 N–H and O–H groups in total. The number of rotatable bonds is 7. The molecular formula is C22H24N4O3. The molecule has 0 amide bonds. The van der Waals surface area contributed by atoms with Gasteiger partial charge in [0.25, 0.3) is 0 Å². The SMILES string of the molecule is COc1ccc(C2=C[C@H](c3ccc(OC)cc3)n3nc(CCCO)nc3N2)cc1. The summed E-state index contributed by atoms with van der Waals surface area (Å²) < 4.78 is 12.4. The molecule has 0 unspecified atom stereocenters. The van der Waals surface area contributed by atoms with Crippen molar-refractivity contribution in [3.05, 3.63) is 71.6 Å². The fourth-order valence-corrected chi connectivity index (χ4v) is 3.36. The Bertz CT molecular complexity index is 994. The van der Waals surface area contributed by atoms with Crippen molar-refractivity contribution < 1.29 is 14.6 Å². The van der Waals surface area contributed by atoms with Crippen molar-refractivity contribution in [2.45, 2.75) is 18.9 Å². The number of methoxy groups -OCH3 is 2. The number of fused-ring (bicyclic) bond motifs is 1. The number of hydrogen-bond donors (Lipinski definition) is 2. The van der Waals surface area contributed by atoms with Gasteiger partial charge in [-0.25, -0.2) is 4.68 Å². The number of nitrogens with zero attached hydrogens (tertiary/aromatic N) is 3. The van der Waals surface area contributed by atoms with Crippen molar-refractivity contribution in [2.75, 3.05) is 26.1 Å². The van der Waals surface area contributed by atoms with Gasteiger partial charge >= 0.3 is 0 Å². The molecule has 1 aromatic heterocycles. The van der Waals surface area contributed by atoms with Gasteiger partial charge in [0.05, 0.1) is 14.2 Å². The molecule has 0 saturated carbocycles. The number of anilines is 1. The van der Waals surface area contributed by atoms with Gasteiger partial charge in [-0.3, -0.25) is 0 Å². The minimum Gasteiger partial charge on any atom is -0.497 e. The maximum Gasteiger partial charge on any atom is 0.226 e. The highest BCUT2D eigenvalue weighted by atomic mass is 16.5. The van der Waals surface area contributed by atoms with Crippen molar-refractivity contribution in [1.29, 1.82) is 0 Å². The Hall–Kier alpha value is -3.32. The molecule has 0 spiro atoms. The average Bonchev–Trinajstić information content (AvgIpc) is 3.20. The largest absolute Gasteiger partial charge is 0.497 e. The summed E-state index contributed by atoms with van der Waals surface area (Å²) in [5.74, 6) is 3.02. The minimum absolute atomic E-state index is 0.107. The van der Waals surface area contributed by atoms with Crippen LogP contribution in [0.15, 0.2) is 54.6 Å². The Morgan fingerprint density at radius 3 is 2.28 bits per heavy atom. The monoisotopic (exact) mass is 392 g/mol. The molecule has 3 aromatic rings. The molecule has 7 nitrogen and oxygen atoms in total. The summed E-state index contributed by atoms with van der Waals surface area (Å²) >= 11 is 0. The van der Waals surface area contributed by atoms with Gasteiger partial charge in [0.1, 0.15) is 17.5 Å². The van der Waals surface area contributed by atoms with E-state index in [9.17, 15) is 0 Å². The summed E-state index contributed by atoms with van der Waals surface area (Å²) in [4.78, 5) is 4.65. The molecule has 1 atom stereocenters. The zero-order valence-electron chi connectivity index (χ0n) is 16.5. The van der Waals surface area contributed by atoms with Crippen LogP contribution in [-0.2, 0) is 6.42 Å². The maximum atomic E-state index is 9.13. The van der Waals surface area contributed by atoms with Crippen molar-refractivity contribution in [1.82, 2.24) is 14.8 Å². The third kappa shape index (κ3) is 3.95. The van der Waals surface area contributed by atoms with Gasteiger partial charge in [0.2, 0.25) is 5.95 Å². The fourth-order valence-electron chi connectivity index (χ4n) is 3.36. The van der Waals surface area contributed by atoms with Gasteiger partial charge in [-0.15, -0.1) is 0 Å². The number of allylic oxidation sites excluding steroid dienone is 1. The Kier molecular flexibility index (Phi) is 5.48. The lowest BCUT2D eigenvalue weighted by atomic mass is 10.0. The zero-order chi connectivity index (χ0) is 20.2. The molecule has 4 rings (SSSR count). The van der Waals surface area contributed by atoms with Crippen LogP contribution in [0.3, 0.4) is 0 Å². The summed E-state index contributed by atoms with van der Waals surface area (Å²) in [5.41, 5.74) is 3.08. The van der Waals surface area contributed by atoms with Gasteiger partial charge in [0, 0.05) is 18.7 Å². The second-order valence-electron chi connectivity index (χ2n) is 6.78. The van der Waals surface area contributed by atoms with E-state index in [1.165, 1.54) is 0 Å². The molecule has 29 heavy (non-hydrogen) atoms. The van der Waals surface area contributed by atoms with E-state index in [0.29, 0.717) is 24.6 Å². The zero-order valence-corrected chi connectivity index (χ0v) is 16.5. The molecule has 2 heterocycles. The lowest BCUT2D eigenvalue weighted by Crippen LogP contribution is -2.20. The van der Waals surface area contributed by atoms with Crippen LogP contribution in [0.1, 0.15) is 29.4 Å². The molecular weight excluding hydrogens is 368 g/mol. The first kappa shape index (κ1) is 19.0. The predicted molar refractivity (Wildman–Crippen MR) is 111 cm³/mol. The molecule has 7 heteroatoms. The molecule has 0 radical (unpaired) electrons. The fraction of sp³-hybridized carbons (Fsp3) is 0.273. The molecule has 0 bridgehead atoms. The summed E-state index contributed by atoms with van der Waals surface area (Å²) in [6.07, 6.45) is 3.40. The molecule has 0 fully saturated rings. The highest BCUT2D eigenvalue weighted by Gasteiger charge is 2.25.